The number of carbonyl (C=O) groups is 1. The SMILES string of the molecule is Cc1nocc1C(=O)N1CCc2ccccc2C1. The first-order valence-corrected chi connectivity index (χ1v) is 6.03. The number of fused-ring (bicyclic) bond motifs is 1. The van der Waals surface area contributed by atoms with Crippen molar-refractivity contribution in [2.45, 2.75) is 19.9 Å². The van der Waals surface area contributed by atoms with Crippen molar-refractivity contribution >= 4 is 5.91 Å². The molecule has 3 rings (SSSR count). The van der Waals surface area contributed by atoms with Crippen molar-refractivity contribution in [3.63, 3.8) is 0 Å². The van der Waals surface area contributed by atoms with Gasteiger partial charge in [0, 0.05) is 13.1 Å². The quantitative estimate of drug-likeness (QED) is 0.770. The van der Waals surface area contributed by atoms with Crippen molar-refractivity contribution in [3.05, 3.63) is 52.9 Å². The average molecular weight is 242 g/mol. The fourth-order valence-corrected chi connectivity index (χ4v) is 2.34. The molecule has 1 aromatic heterocycles. The van der Waals surface area contributed by atoms with Gasteiger partial charge in [-0.1, -0.05) is 29.4 Å². The van der Waals surface area contributed by atoms with Gasteiger partial charge >= 0.3 is 0 Å². The second-order valence-electron chi connectivity index (χ2n) is 4.56. The molecule has 0 aliphatic carbocycles. The van der Waals surface area contributed by atoms with E-state index in [1.165, 1.54) is 17.4 Å². The summed E-state index contributed by atoms with van der Waals surface area (Å²) in [5.41, 5.74) is 3.78. The van der Waals surface area contributed by atoms with Gasteiger partial charge in [0.25, 0.3) is 5.91 Å². The Labute approximate surface area is 105 Å². The van der Waals surface area contributed by atoms with Crippen molar-refractivity contribution in [3.8, 4) is 0 Å². The predicted molar refractivity (Wildman–Crippen MR) is 66.1 cm³/mol. The minimum absolute atomic E-state index is 0.00301. The van der Waals surface area contributed by atoms with Crippen LogP contribution in [-0.2, 0) is 13.0 Å². The van der Waals surface area contributed by atoms with E-state index >= 15 is 0 Å². The van der Waals surface area contributed by atoms with Gasteiger partial charge in [-0.25, -0.2) is 0 Å². The Balaban J connectivity index is 1.84. The van der Waals surface area contributed by atoms with Gasteiger partial charge in [-0.05, 0) is 24.5 Å². The smallest absolute Gasteiger partial charge is 0.259 e. The first-order valence-electron chi connectivity index (χ1n) is 6.03. The second kappa shape index (κ2) is 4.29. The number of nitrogens with zero attached hydrogens (tertiary/aromatic N) is 2. The van der Waals surface area contributed by atoms with Gasteiger partial charge in [0.1, 0.15) is 11.8 Å². The van der Waals surface area contributed by atoms with Gasteiger partial charge in [-0.15, -0.1) is 0 Å². The zero-order chi connectivity index (χ0) is 12.5. The first-order chi connectivity index (χ1) is 8.75. The number of hydrogen-bond acceptors (Lipinski definition) is 3. The third-order valence-electron chi connectivity index (χ3n) is 3.40. The minimum atomic E-state index is 0.00301. The molecule has 2 heterocycles. The fraction of sp³-hybridized carbons (Fsp3) is 0.286. The number of hydrogen-bond donors (Lipinski definition) is 0. The van der Waals surface area contributed by atoms with E-state index < -0.39 is 0 Å². The van der Waals surface area contributed by atoms with Crippen LogP contribution in [0.2, 0.25) is 0 Å². The zero-order valence-electron chi connectivity index (χ0n) is 10.2. The monoisotopic (exact) mass is 242 g/mol. The topological polar surface area (TPSA) is 46.3 Å². The van der Waals surface area contributed by atoms with E-state index in [0.29, 0.717) is 17.8 Å². The molecule has 1 aromatic carbocycles. The summed E-state index contributed by atoms with van der Waals surface area (Å²) in [5.74, 6) is 0.00301. The summed E-state index contributed by atoms with van der Waals surface area (Å²) in [7, 11) is 0. The van der Waals surface area contributed by atoms with Gasteiger partial charge in [-0.2, -0.15) is 0 Å². The number of rotatable bonds is 1. The van der Waals surface area contributed by atoms with E-state index in [4.69, 9.17) is 4.52 Å². The number of amides is 1. The van der Waals surface area contributed by atoms with Crippen LogP contribution >= 0.6 is 0 Å². The highest BCUT2D eigenvalue weighted by molar-refractivity contribution is 5.94. The lowest BCUT2D eigenvalue weighted by Gasteiger charge is -2.28. The van der Waals surface area contributed by atoms with Crippen molar-refractivity contribution in [2.24, 2.45) is 0 Å². The molecule has 2 aromatic rings. The molecule has 1 amide bonds. The standard InChI is InChI=1S/C14H14N2O2/c1-10-13(9-18-15-10)14(17)16-7-6-11-4-2-3-5-12(11)8-16/h2-5,9H,6-8H2,1H3. The zero-order valence-corrected chi connectivity index (χ0v) is 10.2. The van der Waals surface area contributed by atoms with E-state index in [0.717, 1.165) is 13.0 Å². The lowest BCUT2D eigenvalue weighted by molar-refractivity contribution is 0.0733. The van der Waals surface area contributed by atoms with Crippen LogP contribution in [0.3, 0.4) is 0 Å². The van der Waals surface area contributed by atoms with Crippen molar-refractivity contribution < 1.29 is 9.32 Å². The summed E-state index contributed by atoms with van der Waals surface area (Å²) in [6, 6.07) is 8.26. The number of aryl methyl sites for hydroxylation is 1. The molecule has 0 N–H and O–H groups in total. The first kappa shape index (κ1) is 11.0. The van der Waals surface area contributed by atoms with Gasteiger partial charge in [-0.3, -0.25) is 4.79 Å². The minimum Gasteiger partial charge on any atom is -0.364 e. The Morgan fingerprint density at radius 3 is 2.83 bits per heavy atom. The van der Waals surface area contributed by atoms with Gasteiger partial charge < -0.3 is 9.42 Å². The number of carbonyl (C=O) groups excluding carboxylic acids is 1. The molecule has 18 heavy (non-hydrogen) atoms. The summed E-state index contributed by atoms with van der Waals surface area (Å²) in [5, 5.41) is 3.75. The molecule has 1 aliphatic rings. The summed E-state index contributed by atoms with van der Waals surface area (Å²) in [4.78, 5) is 14.2. The highest BCUT2D eigenvalue weighted by atomic mass is 16.5. The highest BCUT2D eigenvalue weighted by Crippen LogP contribution is 2.20. The predicted octanol–water partition coefficient (Wildman–Crippen LogP) is 2.18. The third kappa shape index (κ3) is 1.79. The van der Waals surface area contributed by atoms with Crippen molar-refractivity contribution in [1.29, 1.82) is 0 Å². The molecule has 0 radical (unpaired) electrons. The summed E-state index contributed by atoms with van der Waals surface area (Å²) in [6.07, 6.45) is 2.34. The number of benzene rings is 1. The Kier molecular flexibility index (Phi) is 2.63. The van der Waals surface area contributed by atoms with Crippen molar-refractivity contribution in [2.75, 3.05) is 6.54 Å². The fourth-order valence-electron chi connectivity index (χ4n) is 2.34. The van der Waals surface area contributed by atoms with E-state index in [2.05, 4.69) is 17.3 Å². The molecular weight excluding hydrogens is 228 g/mol. The molecule has 0 saturated carbocycles. The Bertz CT molecular complexity index is 589. The number of aromatic nitrogens is 1. The van der Waals surface area contributed by atoms with Crippen LogP contribution in [0.4, 0.5) is 0 Å². The van der Waals surface area contributed by atoms with Crippen LogP contribution in [0.1, 0.15) is 27.2 Å². The highest BCUT2D eigenvalue weighted by Gasteiger charge is 2.23. The molecule has 1 aliphatic heterocycles. The van der Waals surface area contributed by atoms with Crippen LogP contribution in [-0.4, -0.2) is 22.5 Å². The molecule has 0 fully saturated rings. The van der Waals surface area contributed by atoms with Crippen LogP contribution in [0.15, 0.2) is 35.1 Å². The van der Waals surface area contributed by atoms with Crippen LogP contribution in [0.25, 0.3) is 0 Å². The average Bonchev–Trinajstić information content (AvgIpc) is 2.83. The van der Waals surface area contributed by atoms with Crippen LogP contribution in [0, 0.1) is 6.92 Å². The maximum absolute atomic E-state index is 12.3. The molecule has 0 spiro atoms. The molecule has 0 unspecified atom stereocenters. The molecule has 0 saturated heterocycles. The van der Waals surface area contributed by atoms with E-state index in [9.17, 15) is 4.79 Å². The molecule has 0 atom stereocenters. The maximum Gasteiger partial charge on any atom is 0.259 e. The van der Waals surface area contributed by atoms with Gasteiger partial charge in [0.15, 0.2) is 0 Å². The Morgan fingerprint density at radius 1 is 1.33 bits per heavy atom. The summed E-state index contributed by atoms with van der Waals surface area (Å²) in [6.45, 7) is 3.20. The molecular formula is C14H14N2O2. The lowest BCUT2D eigenvalue weighted by Crippen LogP contribution is -2.36. The second-order valence-corrected chi connectivity index (χ2v) is 4.56. The van der Waals surface area contributed by atoms with E-state index in [-0.39, 0.29) is 5.91 Å². The largest absolute Gasteiger partial charge is 0.364 e. The molecule has 92 valence electrons. The molecule has 0 bridgehead atoms. The Hall–Kier alpha value is -2.10. The maximum atomic E-state index is 12.3. The third-order valence-corrected chi connectivity index (χ3v) is 3.40. The van der Waals surface area contributed by atoms with E-state index in [1.54, 1.807) is 6.92 Å². The summed E-state index contributed by atoms with van der Waals surface area (Å²) >= 11 is 0. The normalized spacial score (nSPS) is 14.4. The lowest BCUT2D eigenvalue weighted by atomic mass is 9.99. The molecule has 4 nitrogen and oxygen atoms in total. The van der Waals surface area contributed by atoms with Gasteiger partial charge in [0.2, 0.25) is 0 Å². The van der Waals surface area contributed by atoms with Gasteiger partial charge in [0.05, 0.1) is 5.69 Å². The van der Waals surface area contributed by atoms with Crippen LogP contribution < -0.4 is 0 Å². The van der Waals surface area contributed by atoms with E-state index in [1.807, 2.05) is 17.0 Å². The van der Waals surface area contributed by atoms with Crippen LogP contribution in [0.5, 0.6) is 0 Å². The molecule has 4 heteroatoms. The van der Waals surface area contributed by atoms with Crippen molar-refractivity contribution in [1.82, 2.24) is 10.1 Å². The Morgan fingerprint density at radius 2 is 2.11 bits per heavy atom. The summed E-state index contributed by atoms with van der Waals surface area (Å²) < 4.78 is 4.83.